The highest BCUT2D eigenvalue weighted by Crippen LogP contribution is 2.42. The van der Waals surface area contributed by atoms with Crippen LogP contribution in [0.5, 0.6) is 0 Å². The standard InChI is InChI=1S/C30H34N2O6S3Si/c1-30(2,3)42(24-10-6-4-7-11-24,25-12-8-5-9-13-25)38-19-18-22-14-16-23(17-15-22)32-21-27(33)26-20-28(40(31,34)35)39-29(26)41(32,36)37/h4-17,20,27,33H,18-19,21H2,1-3H3,(H2,31,34,35). The summed E-state index contributed by atoms with van der Waals surface area (Å²) < 4.78 is 58.0. The summed E-state index contributed by atoms with van der Waals surface area (Å²) in [5, 5.41) is 18.1. The molecule has 0 amide bonds. The minimum absolute atomic E-state index is 0.0531. The maximum Gasteiger partial charge on any atom is 0.274 e. The molecule has 222 valence electrons. The van der Waals surface area contributed by atoms with E-state index in [-0.39, 0.29) is 25.6 Å². The van der Waals surface area contributed by atoms with E-state index in [1.165, 1.54) is 10.4 Å². The number of sulfonamides is 2. The Labute approximate surface area is 252 Å². The number of rotatable bonds is 8. The molecule has 0 saturated carbocycles. The molecule has 0 saturated heterocycles. The predicted molar refractivity (Wildman–Crippen MR) is 169 cm³/mol. The van der Waals surface area contributed by atoms with Crippen LogP contribution in [0.15, 0.2) is 99.4 Å². The van der Waals surface area contributed by atoms with E-state index < -0.39 is 34.5 Å². The van der Waals surface area contributed by atoms with Crippen LogP contribution in [0.1, 0.15) is 38.0 Å². The predicted octanol–water partition coefficient (Wildman–Crippen LogP) is 3.76. The summed E-state index contributed by atoms with van der Waals surface area (Å²) in [6, 6.07) is 29.1. The number of fused-ring (bicyclic) bond motifs is 1. The number of hydrogen-bond donors (Lipinski definition) is 2. The summed E-state index contributed by atoms with van der Waals surface area (Å²) in [5.74, 6) is 0. The van der Waals surface area contributed by atoms with Crippen molar-refractivity contribution in [3.63, 3.8) is 0 Å². The number of hydrogen-bond acceptors (Lipinski definition) is 7. The van der Waals surface area contributed by atoms with E-state index in [9.17, 15) is 21.9 Å². The van der Waals surface area contributed by atoms with Gasteiger partial charge in [0.2, 0.25) is 10.0 Å². The fourth-order valence-electron chi connectivity index (χ4n) is 5.55. The van der Waals surface area contributed by atoms with E-state index in [1.54, 1.807) is 12.1 Å². The third-order valence-corrected chi connectivity index (χ3v) is 17.5. The van der Waals surface area contributed by atoms with Crippen molar-refractivity contribution in [2.75, 3.05) is 17.5 Å². The molecular formula is C30H34N2O6S3Si. The van der Waals surface area contributed by atoms with Gasteiger partial charge in [0.15, 0.2) is 0 Å². The van der Waals surface area contributed by atoms with Crippen LogP contribution in [-0.4, -0.2) is 43.4 Å². The number of primary sulfonamides is 1. The molecule has 8 nitrogen and oxygen atoms in total. The van der Waals surface area contributed by atoms with Crippen molar-refractivity contribution in [2.45, 2.75) is 46.8 Å². The number of nitrogens with two attached hydrogens (primary N) is 1. The Morgan fingerprint density at radius 3 is 2.02 bits per heavy atom. The van der Waals surface area contributed by atoms with Crippen molar-refractivity contribution in [2.24, 2.45) is 5.14 Å². The summed E-state index contributed by atoms with van der Waals surface area (Å²) >= 11 is 0.551. The number of nitrogens with zero attached hydrogens (tertiary/aromatic N) is 1. The Morgan fingerprint density at radius 2 is 1.52 bits per heavy atom. The Balaban J connectivity index is 1.38. The smallest absolute Gasteiger partial charge is 0.274 e. The zero-order valence-electron chi connectivity index (χ0n) is 23.6. The lowest BCUT2D eigenvalue weighted by molar-refractivity contribution is 0.182. The molecule has 12 heteroatoms. The number of aliphatic hydroxyl groups is 1. The van der Waals surface area contributed by atoms with E-state index in [4.69, 9.17) is 9.56 Å². The van der Waals surface area contributed by atoms with Gasteiger partial charge in [0.25, 0.3) is 18.3 Å². The molecule has 4 aromatic rings. The van der Waals surface area contributed by atoms with Crippen LogP contribution in [-0.2, 0) is 30.9 Å². The molecule has 1 aromatic heterocycles. The molecule has 0 spiro atoms. The highest BCUT2D eigenvalue weighted by Gasteiger charge is 2.50. The Bertz CT molecular complexity index is 1730. The second-order valence-electron chi connectivity index (χ2n) is 11.3. The van der Waals surface area contributed by atoms with Crippen molar-refractivity contribution >= 4 is 55.8 Å². The van der Waals surface area contributed by atoms with Crippen LogP contribution >= 0.6 is 11.3 Å². The fourth-order valence-corrected chi connectivity index (χ4v) is 14.3. The molecule has 0 bridgehead atoms. The van der Waals surface area contributed by atoms with Gasteiger partial charge < -0.3 is 9.53 Å². The van der Waals surface area contributed by atoms with Crippen LogP contribution < -0.4 is 19.8 Å². The molecule has 5 rings (SSSR count). The second kappa shape index (κ2) is 11.3. The zero-order valence-corrected chi connectivity index (χ0v) is 27.0. The number of β-amino-alcohol motifs (C(OH)–C–C–N with tert-alkyl or cyclic N) is 1. The van der Waals surface area contributed by atoms with Gasteiger partial charge in [-0.25, -0.2) is 22.0 Å². The Hall–Kier alpha value is -2.84. The van der Waals surface area contributed by atoms with Gasteiger partial charge in [0.1, 0.15) is 8.42 Å². The van der Waals surface area contributed by atoms with Gasteiger partial charge in [-0.15, -0.1) is 11.3 Å². The SMILES string of the molecule is CC(C)(C)[Si](OCCc1ccc(N2CC(O)c3cc(S(N)(=O)=O)sc3S2(=O)=O)cc1)(c1ccccc1)c1ccccc1. The van der Waals surface area contributed by atoms with Crippen molar-refractivity contribution in [1.29, 1.82) is 0 Å². The minimum atomic E-state index is -4.11. The van der Waals surface area contributed by atoms with Gasteiger partial charge in [0.05, 0.1) is 18.3 Å². The highest BCUT2D eigenvalue weighted by molar-refractivity contribution is 7.96. The molecule has 0 aliphatic carbocycles. The van der Waals surface area contributed by atoms with Gasteiger partial charge in [-0.05, 0) is 45.6 Å². The van der Waals surface area contributed by atoms with Crippen LogP contribution in [0.3, 0.4) is 0 Å². The number of aliphatic hydroxyl groups excluding tert-OH is 1. The molecule has 0 radical (unpaired) electrons. The Kier molecular flexibility index (Phi) is 8.26. The molecule has 0 fully saturated rings. The molecule has 3 aromatic carbocycles. The van der Waals surface area contributed by atoms with E-state index >= 15 is 0 Å². The van der Waals surface area contributed by atoms with E-state index in [0.29, 0.717) is 30.1 Å². The van der Waals surface area contributed by atoms with Gasteiger partial charge in [-0.1, -0.05) is 93.6 Å². The normalized spacial score (nSPS) is 17.2. The van der Waals surface area contributed by atoms with Crippen LogP contribution in [0, 0.1) is 0 Å². The van der Waals surface area contributed by atoms with Crippen molar-refractivity contribution in [1.82, 2.24) is 0 Å². The molecule has 1 atom stereocenters. The molecule has 1 unspecified atom stereocenters. The first kappa shape index (κ1) is 30.6. The van der Waals surface area contributed by atoms with Crippen LogP contribution in [0.4, 0.5) is 5.69 Å². The number of anilines is 1. The van der Waals surface area contributed by atoms with E-state index in [1.807, 2.05) is 48.5 Å². The number of thiophene rings is 1. The average molecular weight is 643 g/mol. The lowest BCUT2D eigenvalue weighted by atomic mass is 10.1. The van der Waals surface area contributed by atoms with Crippen LogP contribution in [0.25, 0.3) is 0 Å². The molecule has 42 heavy (non-hydrogen) atoms. The highest BCUT2D eigenvalue weighted by atomic mass is 32.3. The van der Waals surface area contributed by atoms with Gasteiger partial charge in [-0.2, -0.15) is 0 Å². The van der Waals surface area contributed by atoms with Crippen molar-refractivity contribution < 1.29 is 26.4 Å². The maximum absolute atomic E-state index is 13.4. The van der Waals surface area contributed by atoms with Gasteiger partial charge >= 0.3 is 0 Å². The largest absolute Gasteiger partial charge is 0.407 e. The number of benzene rings is 3. The van der Waals surface area contributed by atoms with E-state index in [0.717, 1.165) is 15.9 Å². The maximum atomic E-state index is 13.4. The van der Waals surface area contributed by atoms with Gasteiger partial charge in [0, 0.05) is 12.2 Å². The first-order valence-electron chi connectivity index (χ1n) is 13.5. The van der Waals surface area contributed by atoms with E-state index in [2.05, 4.69) is 45.0 Å². The second-order valence-corrected chi connectivity index (χ2v) is 20.5. The summed E-state index contributed by atoms with van der Waals surface area (Å²) in [5.41, 5.74) is 1.40. The summed E-state index contributed by atoms with van der Waals surface area (Å²) in [4.78, 5) is 0. The average Bonchev–Trinajstić information content (AvgIpc) is 3.43. The molecule has 3 N–H and O–H groups in total. The minimum Gasteiger partial charge on any atom is -0.407 e. The van der Waals surface area contributed by atoms with Gasteiger partial charge in [-0.3, -0.25) is 4.31 Å². The zero-order chi connectivity index (χ0) is 30.3. The molecule has 1 aliphatic rings. The third-order valence-electron chi connectivity index (χ3n) is 7.56. The third kappa shape index (κ3) is 5.60. The fraction of sp³-hybridized carbons (Fsp3) is 0.267. The first-order valence-corrected chi connectivity index (χ1v) is 19.2. The monoisotopic (exact) mass is 642 g/mol. The summed E-state index contributed by atoms with van der Waals surface area (Å²) in [6.45, 7) is 6.93. The molecular weight excluding hydrogens is 609 g/mol. The lowest BCUT2D eigenvalue weighted by Crippen LogP contribution is -2.66. The van der Waals surface area contributed by atoms with Crippen molar-refractivity contribution in [3.8, 4) is 0 Å². The molecule has 2 heterocycles. The topological polar surface area (TPSA) is 127 Å². The lowest BCUT2D eigenvalue weighted by Gasteiger charge is -2.43. The first-order chi connectivity index (χ1) is 19.7. The quantitative estimate of drug-likeness (QED) is 0.282. The summed E-state index contributed by atoms with van der Waals surface area (Å²) in [7, 11) is -10.9. The molecule has 1 aliphatic heterocycles. The summed E-state index contributed by atoms with van der Waals surface area (Å²) in [6.07, 6.45) is -0.567. The Morgan fingerprint density at radius 1 is 0.976 bits per heavy atom. The van der Waals surface area contributed by atoms with Crippen LogP contribution in [0.2, 0.25) is 5.04 Å². The van der Waals surface area contributed by atoms with Crippen molar-refractivity contribution in [3.05, 3.63) is 102 Å².